The summed E-state index contributed by atoms with van der Waals surface area (Å²) in [7, 11) is 0. The van der Waals surface area contributed by atoms with Gasteiger partial charge in [-0.15, -0.1) is 38.1 Å². The van der Waals surface area contributed by atoms with Crippen LogP contribution >= 0.6 is 23.4 Å². The van der Waals surface area contributed by atoms with Crippen LogP contribution in [-0.4, -0.2) is 35.1 Å². The first kappa shape index (κ1) is 36.2. The Bertz CT molecular complexity index is 1800. The molecular formula is C37H25ClF6O5S. The fourth-order valence-corrected chi connectivity index (χ4v) is 5.66. The maximum absolute atomic E-state index is 12.6. The molecule has 0 radical (unpaired) electrons. The summed E-state index contributed by atoms with van der Waals surface area (Å²) >= 11 is 7.17. The molecule has 258 valence electrons. The van der Waals surface area contributed by atoms with E-state index in [0.717, 1.165) is 32.7 Å². The van der Waals surface area contributed by atoms with Crippen LogP contribution in [-0.2, 0) is 4.79 Å². The van der Waals surface area contributed by atoms with E-state index in [2.05, 4.69) is 9.47 Å². The highest BCUT2D eigenvalue weighted by Gasteiger charge is 2.31. The quantitative estimate of drug-likeness (QED) is 0.0783. The van der Waals surface area contributed by atoms with Crippen molar-refractivity contribution in [1.29, 1.82) is 0 Å². The normalized spacial score (nSPS) is 12.1. The minimum Gasteiger partial charge on any atom is -0.478 e. The van der Waals surface area contributed by atoms with Gasteiger partial charge in [0.05, 0.1) is 0 Å². The Morgan fingerprint density at radius 1 is 0.620 bits per heavy atom. The highest BCUT2D eigenvalue weighted by atomic mass is 35.5. The summed E-state index contributed by atoms with van der Waals surface area (Å²) in [6, 6.07) is 32.9. The molecule has 0 aliphatic rings. The lowest BCUT2D eigenvalue weighted by atomic mass is 9.94. The molecule has 0 spiro atoms. The second-order valence-electron chi connectivity index (χ2n) is 10.5. The number of carboxylic acids is 1. The molecule has 5 nitrogen and oxygen atoms in total. The second-order valence-corrected chi connectivity index (χ2v) is 12.0. The number of benzene rings is 5. The summed E-state index contributed by atoms with van der Waals surface area (Å²) in [6.45, 7) is 0. The average molecular weight is 731 g/mol. The molecule has 1 atom stereocenters. The van der Waals surface area contributed by atoms with Gasteiger partial charge in [0.15, 0.2) is 0 Å². The van der Waals surface area contributed by atoms with Crippen LogP contribution in [0.15, 0.2) is 132 Å². The van der Waals surface area contributed by atoms with Crippen LogP contribution in [0, 0.1) is 0 Å². The first-order chi connectivity index (χ1) is 23.7. The smallest absolute Gasteiger partial charge is 0.478 e. The molecule has 0 heterocycles. The number of ether oxygens (including phenoxy) is 3. The maximum Gasteiger partial charge on any atom is 0.573 e. The van der Waals surface area contributed by atoms with Crippen LogP contribution in [0.3, 0.4) is 0 Å². The summed E-state index contributed by atoms with van der Waals surface area (Å²) < 4.78 is 88.5. The third kappa shape index (κ3) is 10.5. The third-order valence-electron chi connectivity index (χ3n) is 7.03. The Kier molecular flexibility index (Phi) is 11.3. The van der Waals surface area contributed by atoms with Crippen LogP contribution in [0.2, 0.25) is 0 Å². The van der Waals surface area contributed by atoms with Gasteiger partial charge in [-0.05, 0) is 87.5 Å². The lowest BCUT2D eigenvalue weighted by molar-refractivity contribution is -0.275. The Morgan fingerprint density at radius 3 is 1.34 bits per heavy atom. The molecule has 0 saturated heterocycles. The number of thioether (sulfide) groups is 1. The lowest BCUT2D eigenvalue weighted by Crippen LogP contribution is -2.20. The lowest BCUT2D eigenvalue weighted by Gasteiger charge is -2.13. The van der Waals surface area contributed by atoms with E-state index in [1.54, 1.807) is 24.3 Å². The number of alkyl halides is 7. The molecule has 0 bridgehead atoms. The summed E-state index contributed by atoms with van der Waals surface area (Å²) in [5.74, 6) is -1.10. The van der Waals surface area contributed by atoms with Crippen molar-refractivity contribution in [2.75, 3.05) is 5.75 Å². The van der Waals surface area contributed by atoms with Crippen molar-refractivity contribution in [3.8, 4) is 39.5 Å². The summed E-state index contributed by atoms with van der Waals surface area (Å²) in [4.78, 5) is 11.8. The van der Waals surface area contributed by atoms with E-state index in [4.69, 9.17) is 21.4 Å². The number of hydrogen-bond acceptors (Lipinski definition) is 5. The van der Waals surface area contributed by atoms with Crippen molar-refractivity contribution in [3.63, 3.8) is 0 Å². The monoisotopic (exact) mass is 730 g/mol. The van der Waals surface area contributed by atoms with Gasteiger partial charge >= 0.3 is 18.7 Å². The van der Waals surface area contributed by atoms with E-state index >= 15 is 0 Å². The van der Waals surface area contributed by atoms with Gasteiger partial charge in [0.2, 0.25) is 0 Å². The first-order valence-corrected chi connectivity index (χ1v) is 16.0. The SMILES string of the molecule is O=C(O)C(Cl)Oc1ccc(SCC=C(c2ccc(-c3ccc(OC(F)(F)F)cc3)cc2)c2ccc(-c3ccc(OC(F)(F)F)cc3)cc2)cc1. The average Bonchev–Trinajstić information content (AvgIpc) is 3.07. The van der Waals surface area contributed by atoms with Crippen LogP contribution < -0.4 is 14.2 Å². The van der Waals surface area contributed by atoms with Gasteiger partial charge in [0.25, 0.3) is 5.56 Å². The van der Waals surface area contributed by atoms with E-state index < -0.39 is 24.3 Å². The molecule has 1 N–H and O–H groups in total. The van der Waals surface area contributed by atoms with Gasteiger partial charge in [-0.3, -0.25) is 0 Å². The largest absolute Gasteiger partial charge is 0.573 e. The standard InChI is InChI=1S/C37H25ClF6O5S/c38-34(35(45)46)47-29-17-19-32(20-18-29)50-22-21-33(27-5-1-23(2-6-27)25-9-13-30(14-10-25)48-36(39,40)41)28-7-3-24(4-8-28)26-11-15-31(16-12-26)49-37(42,43)44/h1-21,34H,22H2,(H,45,46). The van der Waals surface area contributed by atoms with Gasteiger partial charge in [-0.2, -0.15) is 0 Å². The van der Waals surface area contributed by atoms with Crippen LogP contribution in [0.25, 0.3) is 27.8 Å². The van der Waals surface area contributed by atoms with E-state index in [9.17, 15) is 31.1 Å². The molecule has 5 aromatic rings. The van der Waals surface area contributed by atoms with Crippen molar-refractivity contribution in [2.24, 2.45) is 0 Å². The molecule has 0 aliphatic carbocycles. The fourth-order valence-electron chi connectivity index (χ4n) is 4.79. The number of aliphatic carboxylic acids is 1. The minimum absolute atomic E-state index is 0.304. The minimum atomic E-state index is -4.79. The molecule has 0 amide bonds. The van der Waals surface area contributed by atoms with E-state index in [-0.39, 0.29) is 11.5 Å². The summed E-state index contributed by atoms with van der Waals surface area (Å²) in [5.41, 5.74) is 4.03. The van der Waals surface area contributed by atoms with Gasteiger partial charge < -0.3 is 19.3 Å². The highest BCUT2D eigenvalue weighted by Crippen LogP contribution is 2.33. The topological polar surface area (TPSA) is 65.0 Å². The van der Waals surface area contributed by atoms with Crippen LogP contribution in [0.5, 0.6) is 17.2 Å². The molecule has 0 aromatic heterocycles. The summed E-state index contributed by atoms with van der Waals surface area (Å²) in [6.07, 6.45) is -7.54. The molecule has 0 fully saturated rings. The molecule has 5 aromatic carbocycles. The Hall–Kier alpha value is -5.07. The van der Waals surface area contributed by atoms with Gasteiger partial charge in [0, 0.05) is 10.6 Å². The van der Waals surface area contributed by atoms with Gasteiger partial charge in [-0.25, -0.2) is 4.79 Å². The van der Waals surface area contributed by atoms with E-state index in [1.807, 2.05) is 54.6 Å². The Labute approximate surface area is 291 Å². The van der Waals surface area contributed by atoms with Crippen LogP contribution in [0.4, 0.5) is 26.3 Å². The predicted octanol–water partition coefficient (Wildman–Crippen LogP) is 11.1. The molecule has 1 unspecified atom stereocenters. The maximum atomic E-state index is 12.6. The molecular weight excluding hydrogens is 706 g/mol. The predicted molar refractivity (Wildman–Crippen MR) is 179 cm³/mol. The number of carboxylic acid groups (broad SMARTS) is 1. The Balaban J connectivity index is 1.37. The van der Waals surface area contributed by atoms with Crippen molar-refractivity contribution < 1.29 is 50.5 Å². The Morgan fingerprint density at radius 2 is 0.980 bits per heavy atom. The van der Waals surface area contributed by atoms with E-state index in [1.165, 1.54) is 60.3 Å². The molecule has 13 heteroatoms. The highest BCUT2D eigenvalue weighted by molar-refractivity contribution is 7.99. The summed E-state index contributed by atoms with van der Waals surface area (Å²) in [5, 5.41) is 8.94. The zero-order chi connectivity index (χ0) is 35.9. The molecule has 50 heavy (non-hydrogen) atoms. The zero-order valence-electron chi connectivity index (χ0n) is 25.5. The third-order valence-corrected chi connectivity index (χ3v) is 8.24. The molecule has 5 rings (SSSR count). The van der Waals surface area contributed by atoms with Crippen LogP contribution in [0.1, 0.15) is 11.1 Å². The number of hydrogen-bond donors (Lipinski definition) is 1. The van der Waals surface area contributed by atoms with Crippen molar-refractivity contribution >= 4 is 34.9 Å². The zero-order valence-corrected chi connectivity index (χ0v) is 27.1. The number of carbonyl (C=O) groups is 1. The first-order valence-electron chi connectivity index (χ1n) is 14.6. The number of rotatable bonds is 12. The van der Waals surface area contributed by atoms with E-state index in [0.29, 0.717) is 22.6 Å². The van der Waals surface area contributed by atoms with Gasteiger partial charge in [0.1, 0.15) is 17.2 Å². The second kappa shape index (κ2) is 15.6. The van der Waals surface area contributed by atoms with Gasteiger partial charge in [-0.1, -0.05) is 90.5 Å². The molecule has 0 aliphatic heterocycles. The molecule has 0 saturated carbocycles. The van der Waals surface area contributed by atoms with Crippen molar-refractivity contribution in [2.45, 2.75) is 23.2 Å². The number of halogens is 7. The van der Waals surface area contributed by atoms with Crippen molar-refractivity contribution in [1.82, 2.24) is 0 Å². The van der Waals surface area contributed by atoms with Crippen molar-refractivity contribution in [3.05, 3.63) is 139 Å². The fraction of sp³-hybridized carbons (Fsp3) is 0.108.